The zero-order valence-corrected chi connectivity index (χ0v) is 42.1. The number of hydrogen-bond donors (Lipinski definition) is 2. The van der Waals surface area contributed by atoms with Gasteiger partial charge < -0.3 is 28.8 Å². The Kier molecular flexibility index (Phi) is 43.2. The summed E-state index contributed by atoms with van der Waals surface area (Å²) in [4.78, 5) is 25.4. The molecule has 0 heterocycles. The molecule has 3 unspecified atom stereocenters. The maximum Gasteiger partial charge on any atom is 0.268 e. The summed E-state index contributed by atoms with van der Waals surface area (Å²) in [6.45, 7) is 4.50. The number of phosphoric acid groups is 1. The number of phosphoric ester groups is 1. The highest BCUT2D eigenvalue weighted by molar-refractivity contribution is 7.45. The number of quaternary nitrogens is 1. The highest BCUT2D eigenvalue weighted by atomic mass is 31.2. The molecule has 0 spiro atoms. The molecule has 0 aliphatic heterocycles. The predicted octanol–water partition coefficient (Wildman–Crippen LogP) is 14.3. The SMILES string of the molecule is CC/C=C\C/C=C\C/C=C\C/C=C\C/C=C\CCCCCCCCCCCC(=O)NC(COP(=O)([O-])OCC[N+](C)(C)C)C(O)/C=C/CC/C=C/CCCCCCCCCCCC. The van der Waals surface area contributed by atoms with Crippen molar-refractivity contribution in [2.24, 2.45) is 0 Å². The lowest BCUT2D eigenvalue weighted by Crippen LogP contribution is -2.45. The van der Waals surface area contributed by atoms with Crippen molar-refractivity contribution in [3.63, 3.8) is 0 Å². The van der Waals surface area contributed by atoms with Gasteiger partial charge in [-0.3, -0.25) is 9.36 Å². The van der Waals surface area contributed by atoms with Crippen molar-refractivity contribution < 1.29 is 32.9 Å². The molecule has 1 amide bonds. The van der Waals surface area contributed by atoms with Crippen molar-refractivity contribution in [1.82, 2.24) is 5.32 Å². The molecule has 0 fully saturated rings. The summed E-state index contributed by atoms with van der Waals surface area (Å²) in [5.41, 5.74) is 0. The lowest BCUT2D eigenvalue weighted by molar-refractivity contribution is -0.870. The second-order valence-corrected chi connectivity index (χ2v) is 19.5. The van der Waals surface area contributed by atoms with E-state index in [4.69, 9.17) is 9.05 Å². The van der Waals surface area contributed by atoms with Gasteiger partial charge in [-0.2, -0.15) is 0 Å². The van der Waals surface area contributed by atoms with Gasteiger partial charge in [0.1, 0.15) is 13.2 Å². The number of hydrogen-bond acceptors (Lipinski definition) is 6. The Bertz CT molecular complexity index is 1300. The Morgan fingerprint density at radius 1 is 0.571 bits per heavy atom. The largest absolute Gasteiger partial charge is 0.756 e. The second kappa shape index (κ2) is 44.9. The van der Waals surface area contributed by atoms with Crippen LogP contribution in [0.25, 0.3) is 0 Å². The van der Waals surface area contributed by atoms with E-state index in [1.165, 1.54) is 96.3 Å². The molecule has 0 saturated heterocycles. The number of aliphatic hydroxyl groups is 1. The van der Waals surface area contributed by atoms with Gasteiger partial charge in [0.25, 0.3) is 7.82 Å². The van der Waals surface area contributed by atoms with Crippen LogP contribution in [0.5, 0.6) is 0 Å². The minimum Gasteiger partial charge on any atom is -0.756 e. The summed E-state index contributed by atoms with van der Waals surface area (Å²) in [6.07, 6.45) is 62.1. The van der Waals surface area contributed by atoms with E-state index in [0.717, 1.165) is 83.5 Å². The number of allylic oxidation sites excluding steroid dienone is 13. The first kappa shape index (κ1) is 60.7. The molecule has 0 saturated carbocycles. The number of carbonyl (C=O) groups excluding carboxylic acids is 1. The van der Waals surface area contributed by atoms with Gasteiger partial charge in [0, 0.05) is 6.42 Å². The lowest BCUT2D eigenvalue weighted by atomic mass is 10.1. The van der Waals surface area contributed by atoms with Crippen molar-refractivity contribution in [3.05, 3.63) is 85.1 Å². The molecule has 0 aromatic carbocycles. The molecule has 63 heavy (non-hydrogen) atoms. The number of likely N-dealkylation sites (N-methyl/N-ethyl adjacent to an activating group) is 1. The lowest BCUT2D eigenvalue weighted by Gasteiger charge is -2.29. The van der Waals surface area contributed by atoms with Crippen LogP contribution in [0.2, 0.25) is 0 Å². The Morgan fingerprint density at radius 3 is 1.48 bits per heavy atom. The van der Waals surface area contributed by atoms with Crippen molar-refractivity contribution in [2.45, 2.75) is 212 Å². The highest BCUT2D eigenvalue weighted by Crippen LogP contribution is 2.38. The summed E-state index contributed by atoms with van der Waals surface area (Å²) >= 11 is 0. The van der Waals surface area contributed by atoms with Gasteiger partial charge in [-0.05, 0) is 77.0 Å². The standard InChI is InChI=1S/C54H97N2O6P/c1-6-8-10-12-14-16-18-20-22-24-25-26-27-28-29-30-31-32-34-36-38-40-42-44-46-48-54(58)55-52(51-62-63(59,60)61-50-49-56(3,4)5)53(57)47-45-43-41-39-37-35-33-23-21-19-17-15-13-11-9-7-2/h8,10,14,16,20,22,25-26,28-29,37,39,45,47,52-53,57H,6-7,9,11-13,15,17-19,21,23-24,27,30-36,38,40-44,46,48-51H2,1-5H3,(H-,55,58,59,60)/b10-8-,16-14-,22-20-,26-25-,29-28-,39-37+,47-45+. The number of nitrogens with one attached hydrogen (secondary N) is 1. The molecule has 8 nitrogen and oxygen atoms in total. The normalized spacial score (nSPS) is 14.8. The van der Waals surface area contributed by atoms with Gasteiger partial charge in [-0.15, -0.1) is 0 Å². The molecule has 2 N–H and O–H groups in total. The van der Waals surface area contributed by atoms with Crippen LogP contribution in [-0.4, -0.2) is 68.5 Å². The summed E-state index contributed by atoms with van der Waals surface area (Å²) in [5, 5.41) is 13.8. The highest BCUT2D eigenvalue weighted by Gasteiger charge is 2.23. The molecular formula is C54H97N2O6P. The Morgan fingerprint density at radius 2 is 0.984 bits per heavy atom. The van der Waals surface area contributed by atoms with Crippen molar-refractivity contribution in [2.75, 3.05) is 40.9 Å². The van der Waals surface area contributed by atoms with E-state index in [-0.39, 0.29) is 12.5 Å². The van der Waals surface area contributed by atoms with E-state index >= 15 is 0 Å². The maximum atomic E-state index is 12.9. The average molecular weight is 901 g/mol. The van der Waals surface area contributed by atoms with Crippen LogP contribution < -0.4 is 10.2 Å². The minimum atomic E-state index is -4.61. The zero-order chi connectivity index (χ0) is 46.4. The first-order valence-electron chi connectivity index (χ1n) is 25.4. The molecule has 9 heteroatoms. The monoisotopic (exact) mass is 901 g/mol. The van der Waals surface area contributed by atoms with Crippen LogP contribution in [0.15, 0.2) is 85.1 Å². The number of aliphatic hydroxyl groups excluding tert-OH is 1. The van der Waals surface area contributed by atoms with Crippen LogP contribution >= 0.6 is 7.82 Å². The van der Waals surface area contributed by atoms with Gasteiger partial charge >= 0.3 is 0 Å². The van der Waals surface area contributed by atoms with Gasteiger partial charge in [-0.1, -0.05) is 202 Å². The van der Waals surface area contributed by atoms with Gasteiger partial charge in [0.2, 0.25) is 5.91 Å². The Balaban J connectivity index is 4.35. The second-order valence-electron chi connectivity index (χ2n) is 18.1. The summed E-state index contributed by atoms with van der Waals surface area (Å²) in [7, 11) is 1.23. The van der Waals surface area contributed by atoms with Gasteiger partial charge in [0.05, 0.1) is 39.9 Å². The van der Waals surface area contributed by atoms with Crippen LogP contribution in [0.3, 0.4) is 0 Å². The first-order valence-corrected chi connectivity index (χ1v) is 26.9. The molecule has 364 valence electrons. The number of rotatable bonds is 45. The smallest absolute Gasteiger partial charge is 0.268 e. The van der Waals surface area contributed by atoms with Crippen LogP contribution in [0.1, 0.15) is 200 Å². The maximum absolute atomic E-state index is 12.9. The van der Waals surface area contributed by atoms with E-state index in [9.17, 15) is 19.4 Å². The number of amides is 1. The van der Waals surface area contributed by atoms with E-state index in [1.807, 2.05) is 27.2 Å². The van der Waals surface area contributed by atoms with Crippen LogP contribution in [0.4, 0.5) is 0 Å². The molecule has 0 aromatic heterocycles. The van der Waals surface area contributed by atoms with E-state index in [1.54, 1.807) is 6.08 Å². The molecule has 0 aromatic rings. The number of unbranched alkanes of at least 4 members (excludes halogenated alkanes) is 20. The third kappa shape index (κ3) is 47.5. The third-order valence-corrected chi connectivity index (χ3v) is 11.8. The summed E-state index contributed by atoms with van der Waals surface area (Å²) in [5.74, 6) is -0.217. The van der Waals surface area contributed by atoms with Gasteiger partial charge in [0.15, 0.2) is 0 Å². The Hall–Kier alpha value is -2.32. The molecule has 0 aliphatic carbocycles. The predicted molar refractivity (Wildman–Crippen MR) is 270 cm³/mol. The molecular weight excluding hydrogens is 804 g/mol. The zero-order valence-electron chi connectivity index (χ0n) is 41.2. The third-order valence-electron chi connectivity index (χ3n) is 10.8. The quantitative estimate of drug-likeness (QED) is 0.0273. The van der Waals surface area contributed by atoms with E-state index in [2.05, 4.69) is 92.1 Å². The molecule has 0 aliphatic rings. The van der Waals surface area contributed by atoms with Gasteiger partial charge in [-0.25, -0.2) is 0 Å². The average Bonchev–Trinajstić information content (AvgIpc) is 3.24. The molecule has 0 rings (SSSR count). The molecule has 0 radical (unpaired) electrons. The van der Waals surface area contributed by atoms with E-state index in [0.29, 0.717) is 17.4 Å². The summed E-state index contributed by atoms with van der Waals surface area (Å²) < 4.78 is 23.2. The number of carbonyl (C=O) groups is 1. The van der Waals surface area contributed by atoms with Crippen LogP contribution in [0, 0.1) is 0 Å². The number of nitrogens with zero attached hydrogens (tertiary/aromatic N) is 1. The van der Waals surface area contributed by atoms with Crippen LogP contribution in [-0.2, 0) is 18.4 Å². The van der Waals surface area contributed by atoms with Crippen molar-refractivity contribution >= 4 is 13.7 Å². The fourth-order valence-corrected chi connectivity index (χ4v) is 7.56. The summed E-state index contributed by atoms with van der Waals surface area (Å²) in [6, 6.07) is -0.911. The fraction of sp³-hybridized carbons (Fsp3) is 0.722. The minimum absolute atomic E-state index is 0.0116. The fourth-order valence-electron chi connectivity index (χ4n) is 6.84. The topological polar surface area (TPSA) is 108 Å². The molecule has 0 bridgehead atoms. The Labute approximate surface area is 388 Å². The molecule has 3 atom stereocenters. The van der Waals surface area contributed by atoms with E-state index < -0.39 is 26.6 Å². The van der Waals surface area contributed by atoms with Crippen molar-refractivity contribution in [1.29, 1.82) is 0 Å². The first-order chi connectivity index (χ1) is 30.5. The van der Waals surface area contributed by atoms with Crippen molar-refractivity contribution in [3.8, 4) is 0 Å².